The van der Waals surface area contributed by atoms with Crippen LogP contribution in [-0.4, -0.2) is 46.6 Å². The van der Waals surface area contributed by atoms with Gasteiger partial charge in [-0.2, -0.15) is 0 Å². The summed E-state index contributed by atoms with van der Waals surface area (Å²) in [5.41, 5.74) is 0.966. The van der Waals surface area contributed by atoms with Gasteiger partial charge in [0.1, 0.15) is 12.1 Å². The average molecular weight is 587 g/mol. The molecule has 0 aromatic heterocycles. The number of para-hydroxylation sites is 2. The molecule has 3 aromatic carbocycles. The van der Waals surface area contributed by atoms with E-state index in [-0.39, 0.29) is 12.4 Å². The second kappa shape index (κ2) is 11.9. The third-order valence-electron chi connectivity index (χ3n) is 8.44. The highest BCUT2D eigenvalue weighted by molar-refractivity contribution is 6.25. The fraction of sp³-hybridized carbons (Fsp3) is 0.333. The number of nitrogens with zero attached hydrogens (tertiary/aromatic N) is 1. The van der Waals surface area contributed by atoms with Crippen LogP contribution in [0.15, 0.2) is 66.7 Å². The zero-order valence-electron chi connectivity index (χ0n) is 24.2. The summed E-state index contributed by atoms with van der Waals surface area (Å²) in [5.74, 6) is -6.36. The maximum absolute atomic E-state index is 14.4. The van der Waals surface area contributed by atoms with Gasteiger partial charge < -0.3 is 19.7 Å². The van der Waals surface area contributed by atoms with E-state index in [0.29, 0.717) is 29.8 Å². The molecule has 43 heavy (non-hydrogen) atoms. The number of carboxylic acid groups (broad SMARTS) is 2. The van der Waals surface area contributed by atoms with E-state index in [1.54, 1.807) is 18.2 Å². The van der Waals surface area contributed by atoms with Crippen LogP contribution in [0.5, 0.6) is 11.5 Å². The number of nitrogens with one attached hydrogen (secondary N) is 1. The highest BCUT2D eigenvalue weighted by atomic mass is 16.5. The molecule has 2 saturated heterocycles. The van der Waals surface area contributed by atoms with Gasteiger partial charge in [-0.25, -0.2) is 4.90 Å². The number of aliphatic carboxylic acids is 2. The predicted molar refractivity (Wildman–Crippen MR) is 157 cm³/mol. The maximum Gasteiger partial charge on any atom is 0.325 e. The summed E-state index contributed by atoms with van der Waals surface area (Å²) in [6.07, 6.45) is 0.153. The molecule has 0 spiro atoms. The Morgan fingerprint density at radius 1 is 0.907 bits per heavy atom. The highest BCUT2D eigenvalue weighted by Gasteiger charge is 2.69. The lowest BCUT2D eigenvalue weighted by Gasteiger charge is -2.31. The van der Waals surface area contributed by atoms with Crippen LogP contribution < -0.4 is 19.7 Å². The summed E-state index contributed by atoms with van der Waals surface area (Å²) >= 11 is 0. The number of carbonyl (C=O) groups is 4. The predicted octanol–water partition coefficient (Wildman–Crippen LogP) is 4.15. The van der Waals surface area contributed by atoms with Crippen molar-refractivity contribution >= 4 is 29.4 Å². The van der Waals surface area contributed by atoms with Crippen LogP contribution in [-0.2, 0) is 38.6 Å². The van der Waals surface area contributed by atoms with E-state index in [1.807, 2.05) is 62.4 Å². The minimum absolute atomic E-state index is 0.150. The molecule has 10 nitrogen and oxygen atoms in total. The molecular formula is C33H34N2O8. The summed E-state index contributed by atoms with van der Waals surface area (Å²) < 4.78 is 11.8. The standard InChI is InChI=1S/C33H34N2O8/c1-4-20-13-9-14-21(5-2)28(20)35-30(38)25-26(31(35)39)33(32(40)41,17-24(36)37)34-27(25)22-15-10-16-23(42-3)29(22)43-18-19-11-7-6-8-12-19/h6-16,25-27,34H,4-5,17-18H2,1-3H3,(H,36,37)(H,40,41). The molecule has 4 unspecified atom stereocenters. The number of aryl methyl sites for hydroxylation is 2. The smallest absolute Gasteiger partial charge is 0.325 e. The number of hydrogen-bond donors (Lipinski definition) is 3. The van der Waals surface area contributed by atoms with E-state index in [4.69, 9.17) is 9.47 Å². The van der Waals surface area contributed by atoms with E-state index in [0.717, 1.165) is 21.6 Å². The third kappa shape index (κ3) is 5.01. The number of benzene rings is 3. The van der Waals surface area contributed by atoms with Gasteiger partial charge in [0.2, 0.25) is 11.8 Å². The molecule has 10 heteroatoms. The second-order valence-corrected chi connectivity index (χ2v) is 10.8. The fourth-order valence-electron chi connectivity index (χ4n) is 6.49. The third-order valence-corrected chi connectivity index (χ3v) is 8.44. The number of amides is 2. The van der Waals surface area contributed by atoms with Gasteiger partial charge in [-0.15, -0.1) is 0 Å². The van der Waals surface area contributed by atoms with Gasteiger partial charge in [-0.3, -0.25) is 24.5 Å². The first kappa shape index (κ1) is 29.8. The lowest BCUT2D eigenvalue weighted by atomic mass is 9.77. The first-order valence-corrected chi connectivity index (χ1v) is 14.2. The fourth-order valence-corrected chi connectivity index (χ4v) is 6.49. The highest BCUT2D eigenvalue weighted by Crippen LogP contribution is 2.54. The minimum Gasteiger partial charge on any atom is -0.493 e. The van der Waals surface area contributed by atoms with Crippen molar-refractivity contribution in [3.8, 4) is 11.5 Å². The van der Waals surface area contributed by atoms with E-state index in [2.05, 4.69) is 5.32 Å². The number of hydrogen-bond acceptors (Lipinski definition) is 7. The van der Waals surface area contributed by atoms with Crippen LogP contribution in [0, 0.1) is 11.8 Å². The Labute approximate surface area is 249 Å². The zero-order chi connectivity index (χ0) is 30.9. The molecule has 2 aliphatic rings. The molecule has 4 atom stereocenters. The number of fused-ring (bicyclic) bond motifs is 1. The molecule has 0 saturated carbocycles. The molecule has 5 rings (SSSR count). The molecule has 3 N–H and O–H groups in total. The average Bonchev–Trinajstić information content (AvgIpc) is 3.48. The number of imide groups is 1. The van der Waals surface area contributed by atoms with E-state index in [1.165, 1.54) is 7.11 Å². The monoisotopic (exact) mass is 586 g/mol. The number of methoxy groups -OCH3 is 1. The van der Waals surface area contributed by atoms with Crippen LogP contribution >= 0.6 is 0 Å². The van der Waals surface area contributed by atoms with Gasteiger partial charge in [0.05, 0.1) is 31.1 Å². The molecular weight excluding hydrogens is 552 g/mol. The Balaban J connectivity index is 1.68. The van der Waals surface area contributed by atoms with Gasteiger partial charge >= 0.3 is 11.9 Å². The first-order chi connectivity index (χ1) is 20.7. The topological polar surface area (TPSA) is 142 Å². The molecule has 0 aliphatic carbocycles. The Morgan fingerprint density at radius 2 is 1.56 bits per heavy atom. The van der Waals surface area contributed by atoms with Crippen LogP contribution in [0.3, 0.4) is 0 Å². The van der Waals surface area contributed by atoms with Crippen molar-refractivity contribution in [2.24, 2.45) is 11.8 Å². The van der Waals surface area contributed by atoms with E-state index in [9.17, 15) is 29.4 Å². The van der Waals surface area contributed by atoms with Crippen LogP contribution in [0.4, 0.5) is 5.69 Å². The van der Waals surface area contributed by atoms with Crippen LogP contribution in [0.2, 0.25) is 0 Å². The summed E-state index contributed by atoms with van der Waals surface area (Å²) in [6.45, 7) is 3.97. The number of rotatable bonds is 11. The Kier molecular flexibility index (Phi) is 8.23. The van der Waals surface area contributed by atoms with Crippen molar-refractivity contribution in [2.45, 2.75) is 51.3 Å². The largest absolute Gasteiger partial charge is 0.493 e. The molecule has 0 radical (unpaired) electrons. The SMILES string of the molecule is CCc1cccc(CC)c1N1C(=O)C2C(c3cccc(OC)c3OCc3ccccc3)NC(CC(=O)O)(C(=O)O)C2C1=O. The summed E-state index contributed by atoms with van der Waals surface area (Å²) in [4.78, 5) is 54.9. The number of carboxylic acids is 2. The number of carbonyl (C=O) groups excluding carboxylic acids is 2. The molecule has 2 heterocycles. The molecule has 2 aliphatic heterocycles. The van der Waals surface area contributed by atoms with Crippen LogP contribution in [0.1, 0.15) is 48.6 Å². The summed E-state index contributed by atoms with van der Waals surface area (Å²) in [7, 11) is 1.46. The van der Waals surface area contributed by atoms with Gasteiger partial charge in [-0.1, -0.05) is 74.5 Å². The van der Waals surface area contributed by atoms with Gasteiger partial charge in [0.15, 0.2) is 11.5 Å². The minimum atomic E-state index is -2.25. The van der Waals surface area contributed by atoms with Crippen molar-refractivity contribution in [2.75, 3.05) is 12.0 Å². The Morgan fingerprint density at radius 3 is 2.14 bits per heavy atom. The molecule has 2 amide bonds. The molecule has 2 fully saturated rings. The van der Waals surface area contributed by atoms with Gasteiger partial charge in [-0.05, 0) is 35.6 Å². The molecule has 0 bridgehead atoms. The van der Waals surface area contributed by atoms with Gasteiger partial charge in [0, 0.05) is 11.6 Å². The second-order valence-electron chi connectivity index (χ2n) is 10.8. The van der Waals surface area contributed by atoms with Crippen molar-refractivity contribution in [1.29, 1.82) is 0 Å². The Bertz CT molecular complexity index is 1550. The molecule has 3 aromatic rings. The summed E-state index contributed by atoms with van der Waals surface area (Å²) in [6, 6.07) is 18.9. The van der Waals surface area contributed by atoms with Crippen LogP contribution in [0.25, 0.3) is 0 Å². The van der Waals surface area contributed by atoms with Crippen molar-refractivity contribution < 1.29 is 38.9 Å². The zero-order valence-corrected chi connectivity index (χ0v) is 24.2. The van der Waals surface area contributed by atoms with E-state index >= 15 is 0 Å². The lowest BCUT2D eigenvalue weighted by Crippen LogP contribution is -2.57. The van der Waals surface area contributed by atoms with Crippen molar-refractivity contribution in [1.82, 2.24) is 5.32 Å². The number of ether oxygens (including phenoxy) is 2. The lowest BCUT2D eigenvalue weighted by molar-refractivity contribution is -0.154. The summed E-state index contributed by atoms with van der Waals surface area (Å²) in [5, 5.41) is 23.3. The maximum atomic E-state index is 14.4. The Hall–Kier alpha value is -4.70. The van der Waals surface area contributed by atoms with E-state index < -0.39 is 53.6 Å². The first-order valence-electron chi connectivity index (χ1n) is 14.2. The number of anilines is 1. The van der Waals surface area contributed by atoms with Crippen molar-refractivity contribution in [3.05, 3.63) is 89.0 Å². The normalized spacial score (nSPS) is 22.9. The molecule has 224 valence electrons. The van der Waals surface area contributed by atoms with Gasteiger partial charge in [0.25, 0.3) is 0 Å². The van der Waals surface area contributed by atoms with Crippen molar-refractivity contribution in [3.63, 3.8) is 0 Å². The quantitative estimate of drug-likeness (QED) is 0.283.